The van der Waals surface area contributed by atoms with Gasteiger partial charge in [-0.05, 0) is 5.56 Å². The minimum atomic E-state index is 0.364. The summed E-state index contributed by atoms with van der Waals surface area (Å²) in [6.07, 6.45) is 1.37. The number of carbonyl (C=O) groups is 1. The van der Waals surface area contributed by atoms with Crippen LogP contribution in [0.1, 0.15) is 32.3 Å². The molecule has 0 aliphatic carbocycles. The molecule has 0 unspecified atom stereocenters. The van der Waals surface area contributed by atoms with Crippen LogP contribution in [-0.2, 0) is 10.5 Å². The Morgan fingerprint density at radius 2 is 2.00 bits per heavy atom. The topological polar surface area (TPSA) is 17.1 Å². The second-order valence-electron chi connectivity index (χ2n) is 3.70. The number of benzene rings is 1. The molecule has 2 heteroatoms. The van der Waals surface area contributed by atoms with Crippen LogP contribution >= 0.6 is 11.8 Å². The van der Waals surface area contributed by atoms with Crippen molar-refractivity contribution in [3.63, 3.8) is 0 Å². The van der Waals surface area contributed by atoms with Crippen molar-refractivity contribution in [1.82, 2.24) is 0 Å². The molecule has 1 atom stereocenters. The van der Waals surface area contributed by atoms with E-state index in [1.807, 2.05) is 24.8 Å². The van der Waals surface area contributed by atoms with Gasteiger partial charge in [0.15, 0.2) is 0 Å². The minimum absolute atomic E-state index is 0.364. The van der Waals surface area contributed by atoms with Crippen molar-refractivity contribution in [3.05, 3.63) is 35.9 Å². The van der Waals surface area contributed by atoms with Gasteiger partial charge >= 0.3 is 0 Å². The van der Waals surface area contributed by atoms with Gasteiger partial charge in [-0.3, -0.25) is 4.79 Å². The smallest absolute Gasteiger partial charge is 0.133 e. The lowest BCUT2D eigenvalue weighted by atomic mass is 10.2. The number of carbonyl (C=O) groups excluding carboxylic acids is 1. The SMILES string of the molecule is CCC(=O)C[C@@H](C)SCc1ccccc1. The quantitative estimate of drug-likeness (QED) is 0.730. The van der Waals surface area contributed by atoms with Crippen molar-refractivity contribution in [2.24, 2.45) is 0 Å². The van der Waals surface area contributed by atoms with E-state index in [9.17, 15) is 4.79 Å². The Morgan fingerprint density at radius 3 is 2.60 bits per heavy atom. The van der Waals surface area contributed by atoms with Gasteiger partial charge in [-0.2, -0.15) is 11.8 Å². The van der Waals surface area contributed by atoms with E-state index in [0.29, 0.717) is 23.9 Å². The first-order valence-electron chi connectivity index (χ1n) is 5.39. The molecular formula is C13H18OS. The summed E-state index contributed by atoms with van der Waals surface area (Å²) in [5.74, 6) is 1.36. The molecule has 0 aliphatic rings. The number of Topliss-reactive ketones (excluding diaryl/α,β-unsaturated/α-hetero) is 1. The van der Waals surface area contributed by atoms with Crippen molar-refractivity contribution >= 4 is 17.5 Å². The van der Waals surface area contributed by atoms with Crippen LogP contribution in [0.2, 0.25) is 0 Å². The van der Waals surface area contributed by atoms with Crippen LogP contribution in [-0.4, -0.2) is 11.0 Å². The van der Waals surface area contributed by atoms with Gasteiger partial charge in [0.1, 0.15) is 5.78 Å². The fourth-order valence-corrected chi connectivity index (χ4v) is 2.31. The zero-order chi connectivity index (χ0) is 11.1. The molecule has 1 nitrogen and oxygen atoms in total. The van der Waals surface area contributed by atoms with Gasteiger partial charge in [-0.1, -0.05) is 44.2 Å². The van der Waals surface area contributed by atoms with E-state index in [0.717, 1.165) is 5.75 Å². The Morgan fingerprint density at radius 1 is 1.33 bits per heavy atom. The number of hydrogen-bond donors (Lipinski definition) is 0. The zero-order valence-electron chi connectivity index (χ0n) is 9.40. The lowest BCUT2D eigenvalue weighted by Gasteiger charge is -2.09. The molecule has 1 aromatic carbocycles. The Balaban J connectivity index is 2.28. The molecule has 0 N–H and O–H groups in total. The normalized spacial score (nSPS) is 12.4. The summed E-state index contributed by atoms with van der Waals surface area (Å²) < 4.78 is 0. The molecular weight excluding hydrogens is 204 g/mol. The van der Waals surface area contributed by atoms with E-state index < -0.39 is 0 Å². The summed E-state index contributed by atoms with van der Waals surface area (Å²) in [5.41, 5.74) is 1.33. The summed E-state index contributed by atoms with van der Waals surface area (Å²) in [5, 5.41) is 0.428. The first-order valence-corrected chi connectivity index (χ1v) is 6.44. The highest BCUT2D eigenvalue weighted by molar-refractivity contribution is 7.99. The van der Waals surface area contributed by atoms with Crippen LogP contribution in [0.4, 0.5) is 0 Å². The van der Waals surface area contributed by atoms with E-state index in [1.165, 1.54) is 5.56 Å². The molecule has 0 amide bonds. The van der Waals surface area contributed by atoms with Crippen molar-refractivity contribution in [2.45, 2.75) is 37.7 Å². The van der Waals surface area contributed by atoms with Gasteiger partial charge < -0.3 is 0 Å². The zero-order valence-corrected chi connectivity index (χ0v) is 10.2. The van der Waals surface area contributed by atoms with Crippen LogP contribution in [0.5, 0.6) is 0 Å². The molecule has 15 heavy (non-hydrogen) atoms. The highest BCUT2D eigenvalue weighted by atomic mass is 32.2. The Hall–Kier alpha value is -0.760. The van der Waals surface area contributed by atoms with E-state index in [4.69, 9.17) is 0 Å². The van der Waals surface area contributed by atoms with Gasteiger partial charge in [0, 0.05) is 23.8 Å². The van der Waals surface area contributed by atoms with E-state index in [-0.39, 0.29) is 0 Å². The average Bonchev–Trinajstić information content (AvgIpc) is 2.27. The second-order valence-corrected chi connectivity index (χ2v) is 5.13. The largest absolute Gasteiger partial charge is 0.300 e. The maximum absolute atomic E-state index is 11.2. The molecule has 0 radical (unpaired) electrons. The third-order valence-corrected chi connectivity index (χ3v) is 3.52. The monoisotopic (exact) mass is 222 g/mol. The molecule has 1 aromatic rings. The summed E-state index contributed by atoms with van der Waals surface area (Å²) in [6.45, 7) is 4.05. The van der Waals surface area contributed by atoms with Crippen LogP contribution in [0.25, 0.3) is 0 Å². The first-order chi connectivity index (χ1) is 7.22. The van der Waals surface area contributed by atoms with Gasteiger partial charge in [0.25, 0.3) is 0 Å². The van der Waals surface area contributed by atoms with Crippen LogP contribution < -0.4 is 0 Å². The van der Waals surface area contributed by atoms with Gasteiger partial charge in [-0.15, -0.1) is 0 Å². The third kappa shape index (κ3) is 5.03. The number of rotatable bonds is 6. The molecule has 0 saturated heterocycles. The van der Waals surface area contributed by atoms with Crippen molar-refractivity contribution in [2.75, 3.05) is 0 Å². The molecule has 82 valence electrons. The van der Waals surface area contributed by atoms with Gasteiger partial charge in [0.05, 0.1) is 0 Å². The van der Waals surface area contributed by atoms with Gasteiger partial charge in [0.2, 0.25) is 0 Å². The molecule has 1 rings (SSSR count). The lowest BCUT2D eigenvalue weighted by molar-refractivity contribution is -0.118. The predicted molar refractivity (Wildman–Crippen MR) is 67.1 cm³/mol. The van der Waals surface area contributed by atoms with Crippen molar-refractivity contribution < 1.29 is 4.79 Å². The van der Waals surface area contributed by atoms with Crippen LogP contribution in [0.3, 0.4) is 0 Å². The fourth-order valence-electron chi connectivity index (χ4n) is 1.34. The molecule has 0 fully saturated rings. The van der Waals surface area contributed by atoms with E-state index >= 15 is 0 Å². The van der Waals surface area contributed by atoms with Crippen LogP contribution in [0, 0.1) is 0 Å². The highest BCUT2D eigenvalue weighted by Crippen LogP contribution is 2.20. The molecule has 0 saturated carbocycles. The van der Waals surface area contributed by atoms with E-state index in [1.54, 1.807) is 0 Å². The summed E-state index contributed by atoms with van der Waals surface area (Å²) in [6, 6.07) is 10.4. The number of hydrogen-bond acceptors (Lipinski definition) is 2. The predicted octanol–water partition coefficient (Wildman–Crippen LogP) is 3.68. The van der Waals surface area contributed by atoms with Crippen molar-refractivity contribution in [1.29, 1.82) is 0 Å². The lowest BCUT2D eigenvalue weighted by Crippen LogP contribution is -2.05. The molecule has 0 spiro atoms. The van der Waals surface area contributed by atoms with Crippen LogP contribution in [0.15, 0.2) is 30.3 Å². The Kier molecular flexibility index (Phi) is 5.48. The first kappa shape index (κ1) is 12.3. The minimum Gasteiger partial charge on any atom is -0.300 e. The molecule has 0 bridgehead atoms. The molecule has 0 aliphatic heterocycles. The van der Waals surface area contributed by atoms with Crippen molar-refractivity contribution in [3.8, 4) is 0 Å². The summed E-state index contributed by atoms with van der Waals surface area (Å²) in [7, 11) is 0. The standard InChI is InChI=1S/C13H18OS/c1-3-13(14)9-11(2)15-10-12-7-5-4-6-8-12/h4-8,11H,3,9-10H2,1-2H3/t11-/m1/s1. The fraction of sp³-hybridized carbons (Fsp3) is 0.462. The summed E-state index contributed by atoms with van der Waals surface area (Å²) >= 11 is 1.85. The Bertz CT molecular complexity index is 295. The Labute approximate surface area is 96.3 Å². The summed E-state index contributed by atoms with van der Waals surface area (Å²) in [4.78, 5) is 11.2. The maximum atomic E-state index is 11.2. The number of ketones is 1. The third-order valence-electron chi connectivity index (χ3n) is 2.29. The second kappa shape index (κ2) is 6.67. The number of thioether (sulfide) groups is 1. The maximum Gasteiger partial charge on any atom is 0.133 e. The average molecular weight is 222 g/mol. The molecule has 0 heterocycles. The van der Waals surface area contributed by atoms with Gasteiger partial charge in [-0.25, -0.2) is 0 Å². The van der Waals surface area contributed by atoms with E-state index in [2.05, 4.69) is 31.2 Å². The molecule has 0 aromatic heterocycles. The highest BCUT2D eigenvalue weighted by Gasteiger charge is 2.07.